The zero-order valence-electron chi connectivity index (χ0n) is 22.1. The van der Waals surface area contributed by atoms with Crippen molar-refractivity contribution in [1.82, 2.24) is 14.4 Å². The standard InChI is InChI=1S/C38H23N3/c1-2-11-27-24(9-1)10-7-14-28(27)25-18-20-26(21-19-25)31-23-32-36(30-13-4-3-12-29(30)31)38-40-33-15-5-6-16-34(33)41(38)35-17-8-22-39-37(32)35/h1-23H. The highest BCUT2D eigenvalue weighted by Gasteiger charge is 2.18. The minimum absolute atomic E-state index is 0.968. The number of fused-ring (bicyclic) bond motifs is 11. The normalized spacial score (nSPS) is 11.9. The quantitative estimate of drug-likeness (QED) is 0.212. The molecule has 0 amide bonds. The Hall–Kier alpha value is -5.54. The predicted molar refractivity (Wildman–Crippen MR) is 171 cm³/mol. The molecule has 0 unspecified atom stereocenters. The smallest absolute Gasteiger partial charge is 0.147 e. The molecule has 0 fully saturated rings. The van der Waals surface area contributed by atoms with Crippen molar-refractivity contribution < 1.29 is 0 Å². The second-order valence-electron chi connectivity index (χ2n) is 10.6. The number of imidazole rings is 1. The molecule has 0 aliphatic rings. The first kappa shape index (κ1) is 22.3. The molecule has 41 heavy (non-hydrogen) atoms. The van der Waals surface area contributed by atoms with Crippen molar-refractivity contribution in [1.29, 1.82) is 0 Å². The molecular weight excluding hydrogens is 498 g/mol. The van der Waals surface area contributed by atoms with Crippen molar-refractivity contribution in [2.45, 2.75) is 0 Å². The maximum Gasteiger partial charge on any atom is 0.147 e. The monoisotopic (exact) mass is 521 g/mol. The SMILES string of the molecule is c1ccc2c(-c3ccc(-c4cc5c6ncccc6n6c7ccccc7nc6c5c5ccccc45)cc3)cccc2c1. The van der Waals surface area contributed by atoms with Crippen LogP contribution in [0.15, 0.2) is 140 Å². The Morgan fingerprint density at radius 3 is 2.05 bits per heavy atom. The van der Waals surface area contributed by atoms with Crippen LogP contribution in [-0.4, -0.2) is 14.4 Å². The number of rotatable bonds is 2. The van der Waals surface area contributed by atoms with Crippen LogP contribution in [0.25, 0.3) is 82.3 Å². The van der Waals surface area contributed by atoms with Gasteiger partial charge in [-0.25, -0.2) is 4.98 Å². The Morgan fingerprint density at radius 2 is 1.17 bits per heavy atom. The molecule has 0 aliphatic carbocycles. The van der Waals surface area contributed by atoms with Gasteiger partial charge in [0.15, 0.2) is 0 Å². The molecule has 0 N–H and O–H groups in total. The zero-order chi connectivity index (χ0) is 26.9. The number of hydrogen-bond donors (Lipinski definition) is 0. The van der Waals surface area contributed by atoms with Crippen LogP contribution in [0, 0.1) is 0 Å². The van der Waals surface area contributed by atoms with Crippen LogP contribution in [0.3, 0.4) is 0 Å². The maximum atomic E-state index is 5.15. The summed E-state index contributed by atoms with van der Waals surface area (Å²) >= 11 is 0. The van der Waals surface area contributed by atoms with Crippen LogP contribution in [-0.2, 0) is 0 Å². The van der Waals surface area contributed by atoms with Crippen molar-refractivity contribution in [3.63, 3.8) is 0 Å². The van der Waals surface area contributed by atoms with Gasteiger partial charge in [-0.2, -0.15) is 0 Å². The average Bonchev–Trinajstić information content (AvgIpc) is 3.44. The molecule has 0 saturated carbocycles. The van der Waals surface area contributed by atoms with Crippen LogP contribution in [0.4, 0.5) is 0 Å². The van der Waals surface area contributed by atoms with E-state index >= 15 is 0 Å². The zero-order valence-corrected chi connectivity index (χ0v) is 22.1. The van der Waals surface area contributed by atoms with E-state index < -0.39 is 0 Å². The minimum Gasteiger partial charge on any atom is -0.290 e. The highest BCUT2D eigenvalue weighted by molar-refractivity contribution is 6.25. The van der Waals surface area contributed by atoms with E-state index in [1.165, 1.54) is 43.8 Å². The fraction of sp³-hybridized carbons (Fsp3) is 0. The molecule has 0 bridgehead atoms. The molecule has 0 spiro atoms. The third-order valence-corrected chi connectivity index (χ3v) is 8.41. The molecule has 3 aromatic heterocycles. The summed E-state index contributed by atoms with van der Waals surface area (Å²) in [7, 11) is 0. The molecule has 3 heterocycles. The van der Waals surface area contributed by atoms with Gasteiger partial charge in [0.25, 0.3) is 0 Å². The second kappa shape index (κ2) is 8.48. The van der Waals surface area contributed by atoms with Gasteiger partial charge in [0.2, 0.25) is 0 Å². The molecule has 0 atom stereocenters. The molecule has 9 aromatic rings. The number of aromatic nitrogens is 3. The molecule has 3 nitrogen and oxygen atoms in total. The molecule has 0 radical (unpaired) electrons. The predicted octanol–water partition coefficient (Wildman–Crippen LogP) is 9.83. The van der Waals surface area contributed by atoms with E-state index in [0.29, 0.717) is 0 Å². The van der Waals surface area contributed by atoms with Crippen molar-refractivity contribution in [2.24, 2.45) is 0 Å². The van der Waals surface area contributed by atoms with Crippen LogP contribution in [0.2, 0.25) is 0 Å². The van der Waals surface area contributed by atoms with Crippen molar-refractivity contribution in [3.05, 3.63) is 140 Å². The highest BCUT2D eigenvalue weighted by atomic mass is 15.0. The molecule has 0 aliphatic heterocycles. The van der Waals surface area contributed by atoms with Gasteiger partial charge < -0.3 is 0 Å². The lowest BCUT2D eigenvalue weighted by Crippen LogP contribution is -1.95. The minimum atomic E-state index is 0.968. The first-order valence-electron chi connectivity index (χ1n) is 13.9. The Labute approximate surface area is 236 Å². The van der Waals surface area contributed by atoms with Gasteiger partial charge in [0.05, 0.1) is 22.1 Å². The Bertz CT molecular complexity index is 2460. The summed E-state index contributed by atoms with van der Waals surface area (Å²) in [6.45, 7) is 0. The van der Waals surface area contributed by atoms with E-state index in [1.807, 2.05) is 12.3 Å². The van der Waals surface area contributed by atoms with Gasteiger partial charge in [-0.3, -0.25) is 9.38 Å². The third-order valence-electron chi connectivity index (χ3n) is 8.41. The van der Waals surface area contributed by atoms with Crippen LogP contribution >= 0.6 is 0 Å². The first-order chi connectivity index (χ1) is 20.3. The first-order valence-corrected chi connectivity index (χ1v) is 13.9. The van der Waals surface area contributed by atoms with Crippen molar-refractivity contribution in [3.8, 4) is 22.3 Å². The molecule has 3 heteroatoms. The summed E-state index contributed by atoms with van der Waals surface area (Å²) in [5.74, 6) is 0. The lowest BCUT2D eigenvalue weighted by atomic mass is 9.91. The molecule has 6 aromatic carbocycles. The number of para-hydroxylation sites is 2. The van der Waals surface area contributed by atoms with Crippen LogP contribution in [0.1, 0.15) is 0 Å². The lowest BCUT2D eigenvalue weighted by molar-refractivity contribution is 1.29. The fourth-order valence-electron chi connectivity index (χ4n) is 6.57. The number of hydrogen-bond acceptors (Lipinski definition) is 2. The Morgan fingerprint density at radius 1 is 0.488 bits per heavy atom. The van der Waals surface area contributed by atoms with Gasteiger partial charge in [-0.05, 0) is 74.1 Å². The van der Waals surface area contributed by atoms with Crippen LogP contribution < -0.4 is 0 Å². The summed E-state index contributed by atoms with van der Waals surface area (Å²) in [5, 5.41) is 7.18. The maximum absolute atomic E-state index is 5.15. The van der Waals surface area contributed by atoms with E-state index in [0.717, 1.165) is 38.5 Å². The fourth-order valence-corrected chi connectivity index (χ4v) is 6.57. The average molecular weight is 522 g/mol. The van der Waals surface area contributed by atoms with E-state index in [2.05, 4.69) is 132 Å². The summed E-state index contributed by atoms with van der Waals surface area (Å²) in [5.41, 5.74) is 9.96. The van der Waals surface area contributed by atoms with Gasteiger partial charge in [-0.15, -0.1) is 0 Å². The summed E-state index contributed by atoms with van der Waals surface area (Å²) in [6, 6.07) is 47.6. The summed E-state index contributed by atoms with van der Waals surface area (Å²) in [6.07, 6.45) is 1.89. The van der Waals surface area contributed by atoms with Gasteiger partial charge in [-0.1, -0.05) is 103 Å². The number of nitrogens with zero attached hydrogens (tertiary/aromatic N) is 3. The van der Waals surface area contributed by atoms with Gasteiger partial charge in [0.1, 0.15) is 5.65 Å². The molecular formula is C38H23N3. The van der Waals surface area contributed by atoms with Gasteiger partial charge in [0, 0.05) is 17.0 Å². The molecule has 9 rings (SSSR count). The topological polar surface area (TPSA) is 30.2 Å². The van der Waals surface area contributed by atoms with E-state index in [-0.39, 0.29) is 0 Å². The van der Waals surface area contributed by atoms with Crippen molar-refractivity contribution >= 4 is 60.0 Å². The van der Waals surface area contributed by atoms with Crippen LogP contribution in [0.5, 0.6) is 0 Å². The lowest BCUT2D eigenvalue weighted by Gasteiger charge is -2.15. The summed E-state index contributed by atoms with van der Waals surface area (Å²) in [4.78, 5) is 10.1. The number of pyridine rings is 2. The highest BCUT2D eigenvalue weighted by Crippen LogP contribution is 2.41. The van der Waals surface area contributed by atoms with Gasteiger partial charge >= 0.3 is 0 Å². The largest absolute Gasteiger partial charge is 0.290 e. The second-order valence-corrected chi connectivity index (χ2v) is 10.6. The summed E-state index contributed by atoms with van der Waals surface area (Å²) < 4.78 is 2.27. The van der Waals surface area contributed by atoms with E-state index in [4.69, 9.17) is 9.97 Å². The van der Waals surface area contributed by atoms with E-state index in [9.17, 15) is 0 Å². The number of benzene rings is 6. The Balaban J connectivity index is 1.34. The molecule has 0 saturated heterocycles. The van der Waals surface area contributed by atoms with Crippen molar-refractivity contribution in [2.75, 3.05) is 0 Å². The molecule has 190 valence electrons. The van der Waals surface area contributed by atoms with E-state index in [1.54, 1.807) is 0 Å². The third kappa shape index (κ3) is 3.20. The Kier molecular flexibility index (Phi) is 4.61.